The summed E-state index contributed by atoms with van der Waals surface area (Å²) in [6.45, 7) is 3.99. The first-order valence-corrected chi connectivity index (χ1v) is 6.48. The number of aromatic nitrogens is 1. The Morgan fingerprint density at radius 3 is 2.76 bits per heavy atom. The molecule has 88 valence electrons. The minimum absolute atomic E-state index is 0.509. The van der Waals surface area contributed by atoms with Crippen LogP contribution in [0.1, 0.15) is 17.4 Å². The van der Waals surface area contributed by atoms with Crippen LogP contribution in [-0.2, 0) is 0 Å². The molecule has 0 aliphatic carbocycles. The predicted octanol–water partition coefficient (Wildman–Crippen LogP) is 3.10. The Labute approximate surface area is 108 Å². The summed E-state index contributed by atoms with van der Waals surface area (Å²) < 4.78 is 6.78. The molecule has 3 rings (SSSR count). The van der Waals surface area contributed by atoms with Gasteiger partial charge >= 0.3 is 0 Å². The second kappa shape index (κ2) is 4.27. The molecule has 1 saturated heterocycles. The second-order valence-corrected chi connectivity index (χ2v) is 5.15. The van der Waals surface area contributed by atoms with Crippen LogP contribution >= 0.6 is 15.9 Å². The first-order chi connectivity index (χ1) is 8.25. The van der Waals surface area contributed by atoms with Gasteiger partial charge in [0.15, 0.2) is 0 Å². The smallest absolute Gasteiger partial charge is 0.227 e. The lowest BCUT2D eigenvalue weighted by atomic mass is 9.98. The maximum atomic E-state index is 5.77. The van der Waals surface area contributed by atoms with Crippen LogP contribution in [0.15, 0.2) is 33.2 Å². The number of benzene rings is 1. The fourth-order valence-electron chi connectivity index (χ4n) is 2.02. The van der Waals surface area contributed by atoms with Gasteiger partial charge in [0, 0.05) is 23.5 Å². The number of oxazole rings is 1. The minimum Gasteiger partial charge on any atom is -0.441 e. The quantitative estimate of drug-likeness (QED) is 0.924. The zero-order chi connectivity index (χ0) is 11.8. The molecule has 0 saturated carbocycles. The molecular formula is C13H13BrN2O. The molecule has 0 amide bonds. The summed E-state index contributed by atoms with van der Waals surface area (Å²) >= 11 is 3.52. The van der Waals surface area contributed by atoms with Crippen LogP contribution in [0.5, 0.6) is 0 Å². The summed E-state index contributed by atoms with van der Waals surface area (Å²) in [6, 6.07) is 7.99. The SMILES string of the molecule is Cc1oc(-c2ccccc2Br)nc1C1CNC1. The molecule has 0 spiro atoms. The highest BCUT2D eigenvalue weighted by atomic mass is 79.9. The fraction of sp³-hybridized carbons (Fsp3) is 0.308. The number of nitrogens with zero attached hydrogens (tertiary/aromatic N) is 1. The van der Waals surface area contributed by atoms with Crippen molar-refractivity contribution >= 4 is 15.9 Å². The maximum Gasteiger partial charge on any atom is 0.227 e. The number of rotatable bonds is 2. The molecule has 17 heavy (non-hydrogen) atoms. The molecule has 3 nitrogen and oxygen atoms in total. The van der Waals surface area contributed by atoms with E-state index in [0.717, 1.165) is 34.6 Å². The van der Waals surface area contributed by atoms with Crippen molar-refractivity contribution in [3.63, 3.8) is 0 Å². The zero-order valence-corrected chi connectivity index (χ0v) is 11.1. The largest absolute Gasteiger partial charge is 0.441 e. The van der Waals surface area contributed by atoms with Gasteiger partial charge in [0.1, 0.15) is 5.76 Å². The molecule has 4 heteroatoms. The van der Waals surface area contributed by atoms with Crippen molar-refractivity contribution in [3.05, 3.63) is 40.2 Å². The van der Waals surface area contributed by atoms with Crippen LogP contribution in [0.4, 0.5) is 0 Å². The Bertz CT molecular complexity index is 546. The van der Waals surface area contributed by atoms with E-state index in [2.05, 4.69) is 26.2 Å². The van der Waals surface area contributed by atoms with Gasteiger partial charge in [-0.3, -0.25) is 0 Å². The van der Waals surface area contributed by atoms with Gasteiger partial charge in [0.2, 0.25) is 5.89 Å². The lowest BCUT2D eigenvalue weighted by Crippen LogP contribution is -2.40. The van der Waals surface area contributed by atoms with E-state index in [0.29, 0.717) is 11.8 Å². The van der Waals surface area contributed by atoms with Crippen molar-refractivity contribution < 1.29 is 4.42 Å². The standard InChI is InChI=1S/C13H13BrN2O/c1-8-12(9-6-15-7-9)16-13(17-8)10-4-2-3-5-11(10)14/h2-5,9,15H,6-7H2,1H3. The van der Waals surface area contributed by atoms with E-state index >= 15 is 0 Å². The first-order valence-electron chi connectivity index (χ1n) is 5.68. The Morgan fingerprint density at radius 1 is 1.35 bits per heavy atom. The molecule has 2 aromatic rings. The van der Waals surface area contributed by atoms with E-state index < -0.39 is 0 Å². The maximum absolute atomic E-state index is 5.77. The molecule has 1 aromatic heterocycles. The van der Waals surface area contributed by atoms with Crippen molar-refractivity contribution in [2.24, 2.45) is 0 Å². The molecule has 0 atom stereocenters. The van der Waals surface area contributed by atoms with Gasteiger partial charge in [-0.15, -0.1) is 0 Å². The van der Waals surface area contributed by atoms with Gasteiger partial charge in [0.05, 0.1) is 11.3 Å². The molecule has 1 N–H and O–H groups in total. The third kappa shape index (κ3) is 1.91. The van der Waals surface area contributed by atoms with Crippen molar-refractivity contribution in [1.82, 2.24) is 10.3 Å². The van der Waals surface area contributed by atoms with E-state index in [-0.39, 0.29) is 0 Å². The zero-order valence-electron chi connectivity index (χ0n) is 9.53. The molecule has 0 unspecified atom stereocenters. The minimum atomic E-state index is 0.509. The molecule has 0 radical (unpaired) electrons. The molecule has 1 aliphatic rings. The second-order valence-electron chi connectivity index (χ2n) is 4.30. The average Bonchev–Trinajstić information content (AvgIpc) is 2.59. The van der Waals surface area contributed by atoms with Crippen LogP contribution in [-0.4, -0.2) is 18.1 Å². The van der Waals surface area contributed by atoms with Gasteiger partial charge in [-0.05, 0) is 35.0 Å². The number of hydrogen-bond acceptors (Lipinski definition) is 3. The summed E-state index contributed by atoms with van der Waals surface area (Å²) in [7, 11) is 0. The molecule has 1 aromatic carbocycles. The van der Waals surface area contributed by atoms with Crippen LogP contribution in [0.2, 0.25) is 0 Å². The first kappa shape index (κ1) is 11.0. The van der Waals surface area contributed by atoms with E-state index in [1.165, 1.54) is 0 Å². The van der Waals surface area contributed by atoms with Crippen molar-refractivity contribution in [1.29, 1.82) is 0 Å². The van der Waals surface area contributed by atoms with Gasteiger partial charge in [-0.25, -0.2) is 4.98 Å². The van der Waals surface area contributed by atoms with E-state index in [1.54, 1.807) is 0 Å². The highest BCUT2D eigenvalue weighted by molar-refractivity contribution is 9.10. The molecule has 2 heterocycles. The molecule has 1 aliphatic heterocycles. The van der Waals surface area contributed by atoms with Crippen LogP contribution in [0, 0.1) is 6.92 Å². The van der Waals surface area contributed by atoms with Crippen LogP contribution in [0.25, 0.3) is 11.5 Å². The summed E-state index contributed by atoms with van der Waals surface area (Å²) in [4.78, 5) is 4.63. The summed E-state index contributed by atoms with van der Waals surface area (Å²) in [5.74, 6) is 2.15. The number of aryl methyl sites for hydroxylation is 1. The summed E-state index contributed by atoms with van der Waals surface area (Å²) in [5, 5.41) is 3.26. The predicted molar refractivity (Wildman–Crippen MR) is 70.0 cm³/mol. The molecule has 0 bridgehead atoms. The Hall–Kier alpha value is -1.13. The Kier molecular flexibility index (Phi) is 2.76. The van der Waals surface area contributed by atoms with Gasteiger partial charge in [-0.2, -0.15) is 0 Å². The monoisotopic (exact) mass is 292 g/mol. The Balaban J connectivity index is 2.01. The molecule has 1 fully saturated rings. The third-order valence-corrected chi connectivity index (χ3v) is 3.80. The fourth-order valence-corrected chi connectivity index (χ4v) is 2.47. The highest BCUT2D eigenvalue weighted by Crippen LogP contribution is 2.31. The highest BCUT2D eigenvalue weighted by Gasteiger charge is 2.25. The van der Waals surface area contributed by atoms with Crippen molar-refractivity contribution in [3.8, 4) is 11.5 Å². The van der Waals surface area contributed by atoms with Gasteiger partial charge in [0.25, 0.3) is 0 Å². The Morgan fingerprint density at radius 2 is 2.12 bits per heavy atom. The topological polar surface area (TPSA) is 38.1 Å². The lowest BCUT2D eigenvalue weighted by Gasteiger charge is -2.25. The number of hydrogen-bond donors (Lipinski definition) is 1. The van der Waals surface area contributed by atoms with Crippen molar-refractivity contribution in [2.45, 2.75) is 12.8 Å². The van der Waals surface area contributed by atoms with E-state index in [1.807, 2.05) is 31.2 Å². The number of nitrogens with one attached hydrogen (secondary N) is 1. The van der Waals surface area contributed by atoms with Crippen molar-refractivity contribution in [2.75, 3.05) is 13.1 Å². The summed E-state index contributed by atoms with van der Waals surface area (Å²) in [5.41, 5.74) is 2.10. The third-order valence-electron chi connectivity index (χ3n) is 3.10. The molecular weight excluding hydrogens is 280 g/mol. The van der Waals surface area contributed by atoms with E-state index in [4.69, 9.17) is 4.42 Å². The number of halogens is 1. The summed E-state index contributed by atoms with van der Waals surface area (Å²) in [6.07, 6.45) is 0. The van der Waals surface area contributed by atoms with Gasteiger partial charge < -0.3 is 9.73 Å². The van der Waals surface area contributed by atoms with Crippen LogP contribution in [0.3, 0.4) is 0 Å². The van der Waals surface area contributed by atoms with E-state index in [9.17, 15) is 0 Å². The lowest BCUT2D eigenvalue weighted by molar-refractivity contribution is 0.433. The van der Waals surface area contributed by atoms with Crippen LogP contribution < -0.4 is 5.32 Å². The average molecular weight is 293 g/mol. The normalized spacial score (nSPS) is 15.9. The van der Waals surface area contributed by atoms with Gasteiger partial charge in [-0.1, -0.05) is 12.1 Å².